The quantitative estimate of drug-likeness (QED) is 0.556. The van der Waals surface area contributed by atoms with E-state index in [1.807, 2.05) is 24.3 Å². The second-order valence-corrected chi connectivity index (χ2v) is 2.64. The van der Waals surface area contributed by atoms with E-state index in [0.717, 1.165) is 17.8 Å². The summed E-state index contributed by atoms with van der Waals surface area (Å²) in [4.78, 5) is 0. The Morgan fingerprint density at radius 1 is 1.54 bits per heavy atom. The molecule has 2 heteroatoms. The molecule has 0 aliphatic heterocycles. The maximum atomic E-state index is 5.27. The maximum Gasteiger partial charge on any atom is 0.0635 e. The number of nitrogens with one attached hydrogen (secondary N) is 1. The Labute approximate surface area is 78.9 Å². The number of anilines is 1. The Balaban J connectivity index is 2.52. The number of ether oxygens (including phenoxy) is 1. The van der Waals surface area contributed by atoms with Crippen LogP contribution in [0.15, 0.2) is 24.3 Å². The molecule has 1 rings (SSSR count). The molecule has 0 heterocycles. The third kappa shape index (κ3) is 3.18. The third-order valence-electron chi connectivity index (χ3n) is 1.66. The van der Waals surface area contributed by atoms with Crippen LogP contribution >= 0.6 is 0 Å². The molecule has 0 saturated carbocycles. The van der Waals surface area contributed by atoms with Gasteiger partial charge < -0.3 is 10.1 Å². The van der Waals surface area contributed by atoms with Crippen molar-refractivity contribution in [3.8, 4) is 12.3 Å². The van der Waals surface area contributed by atoms with Gasteiger partial charge in [0.2, 0.25) is 0 Å². The van der Waals surface area contributed by atoms with Crippen LogP contribution in [0.1, 0.15) is 5.56 Å². The molecule has 0 amide bonds. The van der Waals surface area contributed by atoms with Crippen LogP contribution in [0.3, 0.4) is 0 Å². The molecule has 1 aromatic carbocycles. The minimum absolute atomic E-state index is 0.695. The molecule has 0 bridgehead atoms. The van der Waals surface area contributed by atoms with Gasteiger partial charge in [-0.25, -0.2) is 0 Å². The number of rotatable bonds is 4. The van der Waals surface area contributed by atoms with Crippen LogP contribution in [-0.4, -0.2) is 20.3 Å². The van der Waals surface area contributed by atoms with Gasteiger partial charge in [-0.05, 0) is 18.2 Å². The average Bonchev–Trinajstić information content (AvgIpc) is 2.19. The van der Waals surface area contributed by atoms with E-state index >= 15 is 0 Å². The second kappa shape index (κ2) is 5.23. The minimum Gasteiger partial charge on any atom is -0.383 e. The summed E-state index contributed by atoms with van der Waals surface area (Å²) >= 11 is 0. The van der Waals surface area contributed by atoms with Crippen molar-refractivity contribution in [1.29, 1.82) is 0 Å². The normalized spacial score (nSPS) is 9.23. The summed E-state index contributed by atoms with van der Waals surface area (Å²) in [5, 5.41) is 3.20. The van der Waals surface area contributed by atoms with Crippen LogP contribution in [0.5, 0.6) is 0 Å². The van der Waals surface area contributed by atoms with Gasteiger partial charge in [0.15, 0.2) is 0 Å². The molecule has 1 aromatic rings. The van der Waals surface area contributed by atoms with Crippen LogP contribution < -0.4 is 5.32 Å². The summed E-state index contributed by atoms with van der Waals surface area (Å²) in [6, 6.07) is 7.76. The standard InChI is InChI=1S/C11H13NO/c1-3-10-5-4-6-11(9-10)12-7-8-13-2/h1,4-6,9,12H,7-8H2,2H3. The summed E-state index contributed by atoms with van der Waals surface area (Å²) in [5.74, 6) is 2.59. The highest BCUT2D eigenvalue weighted by atomic mass is 16.5. The smallest absolute Gasteiger partial charge is 0.0635 e. The zero-order valence-electron chi connectivity index (χ0n) is 7.71. The lowest BCUT2D eigenvalue weighted by molar-refractivity contribution is 0.211. The van der Waals surface area contributed by atoms with Crippen molar-refractivity contribution in [2.24, 2.45) is 0 Å². The number of hydrogen-bond donors (Lipinski definition) is 1. The predicted molar refractivity (Wildman–Crippen MR) is 54.7 cm³/mol. The summed E-state index contributed by atoms with van der Waals surface area (Å²) in [7, 11) is 1.68. The van der Waals surface area contributed by atoms with Gasteiger partial charge in [0.1, 0.15) is 0 Å². The minimum atomic E-state index is 0.695. The van der Waals surface area contributed by atoms with E-state index < -0.39 is 0 Å². The Morgan fingerprint density at radius 2 is 2.38 bits per heavy atom. The number of methoxy groups -OCH3 is 1. The molecule has 0 aliphatic carbocycles. The molecule has 0 aliphatic rings. The Morgan fingerprint density at radius 3 is 3.08 bits per heavy atom. The first-order valence-corrected chi connectivity index (χ1v) is 4.16. The monoisotopic (exact) mass is 175 g/mol. The van der Waals surface area contributed by atoms with Gasteiger partial charge in [-0.2, -0.15) is 0 Å². The van der Waals surface area contributed by atoms with Crippen molar-refractivity contribution in [3.05, 3.63) is 29.8 Å². The highest BCUT2D eigenvalue weighted by Gasteiger charge is 1.91. The maximum absolute atomic E-state index is 5.27. The molecular formula is C11H13NO. The molecular weight excluding hydrogens is 162 g/mol. The SMILES string of the molecule is C#Cc1cccc(NCCOC)c1. The van der Waals surface area contributed by atoms with E-state index in [1.54, 1.807) is 7.11 Å². The highest BCUT2D eigenvalue weighted by Crippen LogP contribution is 2.08. The van der Waals surface area contributed by atoms with E-state index in [1.165, 1.54) is 0 Å². The largest absolute Gasteiger partial charge is 0.383 e. The van der Waals surface area contributed by atoms with E-state index in [-0.39, 0.29) is 0 Å². The lowest BCUT2D eigenvalue weighted by Crippen LogP contribution is -2.07. The van der Waals surface area contributed by atoms with E-state index in [0.29, 0.717) is 6.61 Å². The van der Waals surface area contributed by atoms with Crippen LogP contribution in [0.4, 0.5) is 5.69 Å². The van der Waals surface area contributed by atoms with Crippen molar-refractivity contribution in [3.63, 3.8) is 0 Å². The van der Waals surface area contributed by atoms with Crippen LogP contribution in [-0.2, 0) is 4.74 Å². The van der Waals surface area contributed by atoms with E-state index in [2.05, 4.69) is 11.2 Å². The molecule has 13 heavy (non-hydrogen) atoms. The van der Waals surface area contributed by atoms with Gasteiger partial charge >= 0.3 is 0 Å². The summed E-state index contributed by atoms with van der Waals surface area (Å²) in [5.41, 5.74) is 1.93. The fourth-order valence-corrected chi connectivity index (χ4v) is 1.02. The summed E-state index contributed by atoms with van der Waals surface area (Å²) in [6.07, 6.45) is 5.27. The van der Waals surface area contributed by atoms with Crippen molar-refractivity contribution >= 4 is 5.69 Å². The van der Waals surface area contributed by atoms with Gasteiger partial charge in [-0.15, -0.1) is 6.42 Å². The van der Waals surface area contributed by atoms with Crippen LogP contribution in [0, 0.1) is 12.3 Å². The fourth-order valence-electron chi connectivity index (χ4n) is 1.02. The van der Waals surface area contributed by atoms with Crippen molar-refractivity contribution in [1.82, 2.24) is 0 Å². The molecule has 0 atom stereocenters. The Hall–Kier alpha value is -1.46. The molecule has 68 valence electrons. The molecule has 1 N–H and O–H groups in total. The first-order chi connectivity index (χ1) is 6.36. The summed E-state index contributed by atoms with van der Waals surface area (Å²) in [6.45, 7) is 1.49. The van der Waals surface area contributed by atoms with E-state index in [9.17, 15) is 0 Å². The highest BCUT2D eigenvalue weighted by molar-refractivity contribution is 5.49. The first kappa shape index (κ1) is 9.63. The Bertz CT molecular complexity index is 301. The van der Waals surface area contributed by atoms with Crippen LogP contribution in [0.2, 0.25) is 0 Å². The zero-order chi connectivity index (χ0) is 9.52. The topological polar surface area (TPSA) is 21.3 Å². The van der Waals surface area contributed by atoms with Crippen molar-refractivity contribution in [2.45, 2.75) is 0 Å². The summed E-state index contributed by atoms with van der Waals surface area (Å²) < 4.78 is 4.92. The molecule has 0 saturated heterocycles. The van der Waals surface area contributed by atoms with Crippen molar-refractivity contribution < 1.29 is 4.74 Å². The first-order valence-electron chi connectivity index (χ1n) is 4.16. The molecule has 2 nitrogen and oxygen atoms in total. The molecule has 0 spiro atoms. The third-order valence-corrected chi connectivity index (χ3v) is 1.66. The van der Waals surface area contributed by atoms with Gasteiger partial charge in [0.05, 0.1) is 6.61 Å². The molecule has 0 aromatic heterocycles. The predicted octanol–water partition coefficient (Wildman–Crippen LogP) is 1.73. The fraction of sp³-hybridized carbons (Fsp3) is 0.273. The van der Waals surface area contributed by atoms with E-state index in [4.69, 9.17) is 11.2 Å². The second-order valence-electron chi connectivity index (χ2n) is 2.64. The number of terminal acetylenes is 1. The van der Waals surface area contributed by atoms with Gasteiger partial charge in [0, 0.05) is 24.9 Å². The van der Waals surface area contributed by atoms with Crippen molar-refractivity contribution in [2.75, 3.05) is 25.6 Å². The van der Waals surface area contributed by atoms with Gasteiger partial charge in [-0.3, -0.25) is 0 Å². The Kier molecular flexibility index (Phi) is 3.87. The molecule has 0 fully saturated rings. The zero-order valence-corrected chi connectivity index (χ0v) is 7.71. The number of benzene rings is 1. The van der Waals surface area contributed by atoms with Gasteiger partial charge in [-0.1, -0.05) is 12.0 Å². The van der Waals surface area contributed by atoms with Crippen LogP contribution in [0.25, 0.3) is 0 Å². The lowest BCUT2D eigenvalue weighted by atomic mass is 10.2. The lowest BCUT2D eigenvalue weighted by Gasteiger charge is -2.05. The van der Waals surface area contributed by atoms with Gasteiger partial charge in [0.25, 0.3) is 0 Å². The molecule has 0 radical (unpaired) electrons. The number of hydrogen-bond acceptors (Lipinski definition) is 2. The molecule has 0 unspecified atom stereocenters. The average molecular weight is 175 g/mol.